The molecule has 0 bridgehead atoms. The molecule has 0 atom stereocenters. The number of halogens is 1. The Bertz CT molecular complexity index is 941. The molecule has 0 saturated heterocycles. The molecular formula is C19H20BrN3O2. The zero-order valence-electron chi connectivity index (χ0n) is 14.6. The van der Waals surface area contributed by atoms with Gasteiger partial charge >= 0.3 is 6.09 Å². The van der Waals surface area contributed by atoms with Gasteiger partial charge in [-0.25, -0.2) is 14.3 Å². The van der Waals surface area contributed by atoms with Crippen molar-refractivity contribution in [1.29, 1.82) is 0 Å². The van der Waals surface area contributed by atoms with Gasteiger partial charge < -0.3 is 10.1 Å². The van der Waals surface area contributed by atoms with E-state index in [1.807, 2.05) is 64.2 Å². The van der Waals surface area contributed by atoms with Crippen molar-refractivity contribution < 1.29 is 9.53 Å². The fourth-order valence-electron chi connectivity index (χ4n) is 2.63. The topological polar surface area (TPSA) is 56.2 Å². The Morgan fingerprint density at radius 1 is 1.20 bits per heavy atom. The normalized spacial score (nSPS) is 11.6. The van der Waals surface area contributed by atoms with Gasteiger partial charge in [0.1, 0.15) is 11.4 Å². The summed E-state index contributed by atoms with van der Waals surface area (Å²) in [7, 11) is 1.81. The average Bonchev–Trinajstić information content (AvgIpc) is 2.92. The number of rotatable bonds is 2. The summed E-state index contributed by atoms with van der Waals surface area (Å²) in [5.41, 5.74) is 1.88. The van der Waals surface area contributed by atoms with E-state index in [4.69, 9.17) is 4.74 Å². The second-order valence-corrected chi connectivity index (χ2v) is 7.64. The van der Waals surface area contributed by atoms with Gasteiger partial charge in [0.25, 0.3) is 0 Å². The SMILES string of the molecule is CNc1cc(-c2cc3cc(Br)ccc3n2C(=O)OC(C)(C)C)ccn1. The van der Waals surface area contributed by atoms with Crippen LogP contribution in [0.1, 0.15) is 20.8 Å². The highest BCUT2D eigenvalue weighted by atomic mass is 79.9. The standard InChI is InChI=1S/C19H20BrN3O2/c1-19(2,3)25-18(24)23-15-6-5-14(20)9-13(15)10-16(23)12-7-8-22-17(11-12)21-4/h5-11H,1-4H3,(H,21,22). The lowest BCUT2D eigenvalue weighted by atomic mass is 10.2. The number of hydrogen-bond donors (Lipinski definition) is 1. The van der Waals surface area contributed by atoms with E-state index < -0.39 is 11.7 Å². The van der Waals surface area contributed by atoms with Gasteiger partial charge in [-0.2, -0.15) is 0 Å². The number of benzene rings is 1. The lowest BCUT2D eigenvalue weighted by Gasteiger charge is -2.21. The second-order valence-electron chi connectivity index (χ2n) is 6.73. The van der Waals surface area contributed by atoms with Crippen LogP contribution in [-0.4, -0.2) is 28.3 Å². The maximum Gasteiger partial charge on any atom is 0.419 e. The first kappa shape index (κ1) is 17.5. The number of aromatic nitrogens is 2. The van der Waals surface area contributed by atoms with E-state index >= 15 is 0 Å². The number of ether oxygens (including phenoxy) is 1. The number of hydrogen-bond acceptors (Lipinski definition) is 4. The van der Waals surface area contributed by atoms with E-state index in [0.29, 0.717) is 0 Å². The molecule has 2 aromatic heterocycles. The largest absolute Gasteiger partial charge is 0.443 e. The summed E-state index contributed by atoms with van der Waals surface area (Å²) in [6, 6.07) is 11.6. The molecule has 5 nitrogen and oxygen atoms in total. The van der Waals surface area contributed by atoms with E-state index in [9.17, 15) is 4.79 Å². The van der Waals surface area contributed by atoms with Crippen molar-refractivity contribution in [3.05, 3.63) is 47.1 Å². The molecule has 1 N–H and O–H groups in total. The molecule has 0 amide bonds. The third kappa shape index (κ3) is 3.69. The third-order valence-electron chi connectivity index (χ3n) is 3.65. The van der Waals surface area contributed by atoms with Crippen molar-refractivity contribution in [1.82, 2.24) is 9.55 Å². The van der Waals surface area contributed by atoms with E-state index in [-0.39, 0.29) is 0 Å². The maximum atomic E-state index is 12.9. The molecule has 0 aliphatic heterocycles. The minimum Gasteiger partial charge on any atom is -0.443 e. The first-order valence-corrected chi connectivity index (χ1v) is 8.76. The van der Waals surface area contributed by atoms with Crippen LogP contribution in [0.3, 0.4) is 0 Å². The van der Waals surface area contributed by atoms with Crippen LogP contribution in [0, 0.1) is 0 Å². The smallest absolute Gasteiger partial charge is 0.419 e. The Labute approximate surface area is 155 Å². The summed E-state index contributed by atoms with van der Waals surface area (Å²) in [5.74, 6) is 0.736. The Balaban J connectivity index is 2.22. The number of anilines is 1. The molecule has 0 aliphatic rings. The summed E-state index contributed by atoms with van der Waals surface area (Å²) >= 11 is 3.49. The molecule has 3 aromatic rings. The van der Waals surface area contributed by atoms with Crippen LogP contribution in [0.5, 0.6) is 0 Å². The summed E-state index contributed by atoms with van der Waals surface area (Å²) in [6.45, 7) is 5.58. The van der Waals surface area contributed by atoms with Gasteiger partial charge in [-0.3, -0.25) is 0 Å². The predicted molar refractivity (Wildman–Crippen MR) is 104 cm³/mol. The van der Waals surface area contributed by atoms with Crippen LogP contribution in [-0.2, 0) is 4.74 Å². The number of pyridine rings is 1. The molecule has 0 unspecified atom stereocenters. The maximum absolute atomic E-state index is 12.9. The molecule has 1 aromatic carbocycles. The minimum atomic E-state index is -0.575. The fourth-order valence-corrected chi connectivity index (χ4v) is 3.01. The number of fused-ring (bicyclic) bond motifs is 1. The zero-order chi connectivity index (χ0) is 18.2. The number of nitrogens with zero attached hydrogens (tertiary/aromatic N) is 2. The molecule has 2 heterocycles. The first-order chi connectivity index (χ1) is 11.8. The lowest BCUT2D eigenvalue weighted by Crippen LogP contribution is -2.27. The van der Waals surface area contributed by atoms with Crippen LogP contribution in [0.25, 0.3) is 22.2 Å². The van der Waals surface area contributed by atoms with Crippen LogP contribution in [0.15, 0.2) is 47.1 Å². The van der Waals surface area contributed by atoms with Gasteiger partial charge in [-0.05, 0) is 57.2 Å². The second kappa shape index (κ2) is 6.52. The molecule has 0 aliphatic carbocycles. The van der Waals surface area contributed by atoms with Gasteiger partial charge in [-0.1, -0.05) is 15.9 Å². The van der Waals surface area contributed by atoms with Crippen molar-refractivity contribution in [3.63, 3.8) is 0 Å². The Morgan fingerprint density at radius 2 is 1.96 bits per heavy atom. The van der Waals surface area contributed by atoms with E-state index in [2.05, 4.69) is 26.2 Å². The molecular weight excluding hydrogens is 382 g/mol. The van der Waals surface area contributed by atoms with Gasteiger partial charge in [-0.15, -0.1) is 0 Å². The number of nitrogens with one attached hydrogen (secondary N) is 1. The number of carbonyl (C=O) groups excluding carboxylic acids is 1. The predicted octanol–water partition coefficient (Wildman–Crippen LogP) is 5.29. The van der Waals surface area contributed by atoms with Crippen LogP contribution < -0.4 is 5.32 Å². The molecule has 6 heteroatoms. The Morgan fingerprint density at radius 3 is 2.64 bits per heavy atom. The molecule has 0 spiro atoms. The van der Waals surface area contributed by atoms with Crippen LogP contribution in [0.2, 0.25) is 0 Å². The number of carbonyl (C=O) groups is 1. The molecule has 130 valence electrons. The fraction of sp³-hybridized carbons (Fsp3) is 0.263. The van der Waals surface area contributed by atoms with Crippen molar-refractivity contribution in [2.45, 2.75) is 26.4 Å². The van der Waals surface area contributed by atoms with Gasteiger partial charge in [0.15, 0.2) is 0 Å². The molecule has 0 radical (unpaired) electrons. The van der Waals surface area contributed by atoms with Crippen LogP contribution in [0.4, 0.5) is 10.6 Å². The molecule has 0 saturated carbocycles. The minimum absolute atomic E-state index is 0.400. The van der Waals surface area contributed by atoms with E-state index in [1.165, 1.54) is 0 Å². The van der Waals surface area contributed by atoms with Crippen molar-refractivity contribution >= 4 is 38.7 Å². The quantitative estimate of drug-likeness (QED) is 0.633. The summed E-state index contributed by atoms with van der Waals surface area (Å²) < 4.78 is 8.19. The van der Waals surface area contributed by atoms with Crippen molar-refractivity contribution in [3.8, 4) is 11.3 Å². The monoisotopic (exact) mass is 401 g/mol. The lowest BCUT2D eigenvalue weighted by molar-refractivity contribution is 0.0547. The summed E-state index contributed by atoms with van der Waals surface area (Å²) in [5, 5.41) is 3.98. The van der Waals surface area contributed by atoms with Gasteiger partial charge in [0.2, 0.25) is 0 Å². The summed E-state index contributed by atoms with van der Waals surface area (Å²) in [6.07, 6.45) is 1.32. The summed E-state index contributed by atoms with van der Waals surface area (Å²) in [4.78, 5) is 17.1. The average molecular weight is 402 g/mol. The molecule has 3 rings (SSSR count). The highest BCUT2D eigenvalue weighted by Crippen LogP contribution is 2.31. The van der Waals surface area contributed by atoms with Crippen molar-refractivity contribution in [2.75, 3.05) is 12.4 Å². The third-order valence-corrected chi connectivity index (χ3v) is 4.14. The molecule has 25 heavy (non-hydrogen) atoms. The van der Waals surface area contributed by atoms with Crippen molar-refractivity contribution in [2.24, 2.45) is 0 Å². The Kier molecular flexibility index (Phi) is 4.56. The van der Waals surface area contributed by atoms with Crippen LogP contribution >= 0.6 is 15.9 Å². The highest BCUT2D eigenvalue weighted by molar-refractivity contribution is 9.10. The van der Waals surface area contributed by atoms with Gasteiger partial charge in [0.05, 0.1) is 11.2 Å². The van der Waals surface area contributed by atoms with E-state index in [0.717, 1.165) is 32.5 Å². The zero-order valence-corrected chi connectivity index (χ0v) is 16.2. The highest BCUT2D eigenvalue weighted by Gasteiger charge is 2.23. The molecule has 0 fully saturated rings. The first-order valence-electron chi connectivity index (χ1n) is 7.97. The Hall–Kier alpha value is -2.34. The van der Waals surface area contributed by atoms with E-state index in [1.54, 1.807) is 10.8 Å². The van der Waals surface area contributed by atoms with Gasteiger partial charge in [0, 0.05) is 28.7 Å².